The lowest BCUT2D eigenvalue weighted by Gasteiger charge is -2.24. The minimum atomic E-state index is 0.284. The minimum absolute atomic E-state index is 0.284. The first-order chi connectivity index (χ1) is 12.6. The van der Waals surface area contributed by atoms with Gasteiger partial charge in [-0.25, -0.2) is 0 Å². The van der Waals surface area contributed by atoms with Gasteiger partial charge in [0, 0.05) is 13.0 Å². The smallest absolute Gasteiger partial charge is 0.320 e. The van der Waals surface area contributed by atoms with Gasteiger partial charge in [0.15, 0.2) is 17.0 Å². The van der Waals surface area contributed by atoms with E-state index in [1.165, 1.54) is 0 Å². The lowest BCUT2D eigenvalue weighted by atomic mass is 9.95. The van der Waals surface area contributed by atoms with Gasteiger partial charge < -0.3 is 19.9 Å². The zero-order valence-electron chi connectivity index (χ0n) is 15.5. The van der Waals surface area contributed by atoms with Gasteiger partial charge >= 0.3 is 6.01 Å². The summed E-state index contributed by atoms with van der Waals surface area (Å²) in [7, 11) is 1.59. The zero-order chi connectivity index (χ0) is 18.5. The molecule has 0 radical (unpaired) electrons. The van der Waals surface area contributed by atoms with Crippen LogP contribution in [0.5, 0.6) is 12.0 Å². The van der Waals surface area contributed by atoms with Crippen LogP contribution in [-0.4, -0.2) is 39.8 Å². The number of allylic oxidation sites excluding steroid dienone is 1. The Bertz CT molecular complexity index is 774. The Balaban J connectivity index is 1.83. The number of anilines is 1. The summed E-state index contributed by atoms with van der Waals surface area (Å²) in [5, 5.41) is 0. The molecule has 1 aliphatic heterocycles. The first-order valence-corrected chi connectivity index (χ1v) is 9.13. The Labute approximate surface area is 153 Å². The molecule has 1 aliphatic rings. The number of imidazole rings is 1. The first kappa shape index (κ1) is 18.3. The van der Waals surface area contributed by atoms with E-state index in [1.807, 2.05) is 4.57 Å². The highest BCUT2D eigenvalue weighted by Gasteiger charge is 2.21. The molecular formula is C18H27N5O3. The average molecular weight is 361 g/mol. The Morgan fingerprint density at radius 1 is 1.35 bits per heavy atom. The fourth-order valence-electron chi connectivity index (χ4n) is 3.12. The van der Waals surface area contributed by atoms with Crippen LogP contribution in [0.25, 0.3) is 11.2 Å². The van der Waals surface area contributed by atoms with Gasteiger partial charge in [0.05, 0.1) is 26.1 Å². The molecule has 2 N–H and O–H groups in total. The quantitative estimate of drug-likeness (QED) is 0.722. The summed E-state index contributed by atoms with van der Waals surface area (Å²) in [5.74, 6) is 1.69. The molecule has 26 heavy (non-hydrogen) atoms. The van der Waals surface area contributed by atoms with Gasteiger partial charge in [0.1, 0.15) is 0 Å². The van der Waals surface area contributed by atoms with Crippen LogP contribution >= 0.6 is 0 Å². The Morgan fingerprint density at radius 2 is 2.19 bits per heavy atom. The molecule has 1 saturated heterocycles. The SMILES string of the molecule is C=C1CC(CCn2c(OC)nc3c(N)nc(OCCCC)nc32)CCO1. The fourth-order valence-corrected chi connectivity index (χ4v) is 3.12. The van der Waals surface area contributed by atoms with Gasteiger partial charge in [0.2, 0.25) is 0 Å². The van der Waals surface area contributed by atoms with Crippen LogP contribution in [-0.2, 0) is 11.3 Å². The highest BCUT2D eigenvalue weighted by molar-refractivity contribution is 5.83. The predicted octanol–water partition coefficient (Wildman–Crippen LogP) is 2.93. The molecule has 0 aliphatic carbocycles. The molecule has 0 aromatic carbocycles. The number of aryl methyl sites for hydroxylation is 1. The van der Waals surface area contributed by atoms with Gasteiger partial charge in [-0.15, -0.1) is 0 Å². The molecule has 8 heteroatoms. The average Bonchev–Trinajstić information content (AvgIpc) is 2.98. The second kappa shape index (κ2) is 8.25. The number of aromatic nitrogens is 4. The van der Waals surface area contributed by atoms with Crippen molar-refractivity contribution in [3.63, 3.8) is 0 Å². The van der Waals surface area contributed by atoms with Gasteiger partial charge in [-0.1, -0.05) is 19.9 Å². The van der Waals surface area contributed by atoms with E-state index in [2.05, 4.69) is 28.5 Å². The number of nitrogen functional groups attached to an aromatic ring is 1. The number of nitrogens with zero attached hydrogens (tertiary/aromatic N) is 4. The first-order valence-electron chi connectivity index (χ1n) is 9.13. The number of ether oxygens (including phenoxy) is 3. The molecule has 0 amide bonds. The molecule has 3 heterocycles. The number of fused-ring (bicyclic) bond motifs is 1. The van der Waals surface area contributed by atoms with Crippen LogP contribution in [0.2, 0.25) is 0 Å². The second-order valence-corrected chi connectivity index (χ2v) is 6.55. The third-order valence-corrected chi connectivity index (χ3v) is 4.59. The summed E-state index contributed by atoms with van der Waals surface area (Å²) in [4.78, 5) is 13.2. The van der Waals surface area contributed by atoms with Crippen LogP contribution in [0, 0.1) is 5.92 Å². The lowest BCUT2D eigenvalue weighted by molar-refractivity contribution is 0.127. The van der Waals surface area contributed by atoms with Crippen molar-refractivity contribution in [3.05, 3.63) is 12.3 Å². The Morgan fingerprint density at radius 3 is 2.92 bits per heavy atom. The van der Waals surface area contributed by atoms with Crippen LogP contribution in [0.3, 0.4) is 0 Å². The molecule has 2 aromatic heterocycles. The van der Waals surface area contributed by atoms with E-state index >= 15 is 0 Å². The Kier molecular flexibility index (Phi) is 5.80. The van der Waals surface area contributed by atoms with E-state index in [9.17, 15) is 0 Å². The van der Waals surface area contributed by atoms with Crippen LogP contribution in [0.1, 0.15) is 39.0 Å². The number of unbranched alkanes of at least 4 members (excludes halogenated alkanes) is 1. The highest BCUT2D eigenvalue weighted by atomic mass is 16.5. The van der Waals surface area contributed by atoms with E-state index in [0.29, 0.717) is 35.5 Å². The standard InChI is InChI=1S/C18H27N5O3/c1-4-5-9-26-17-21-15(19)14-16(22-17)23(18(20-14)24-3)8-6-13-7-10-25-12(2)11-13/h13H,2,4-11H2,1,3H3,(H2,19,21,22). The van der Waals surface area contributed by atoms with Crippen LogP contribution in [0.15, 0.2) is 12.3 Å². The van der Waals surface area contributed by atoms with Crippen molar-refractivity contribution in [1.82, 2.24) is 19.5 Å². The largest absolute Gasteiger partial charge is 0.499 e. The predicted molar refractivity (Wildman–Crippen MR) is 99.1 cm³/mol. The summed E-state index contributed by atoms with van der Waals surface area (Å²) in [6.07, 6.45) is 4.85. The monoisotopic (exact) mass is 361 g/mol. The third kappa shape index (κ3) is 4.00. The van der Waals surface area contributed by atoms with Gasteiger partial charge in [-0.05, 0) is 25.2 Å². The normalized spacial score (nSPS) is 17.3. The molecule has 142 valence electrons. The molecule has 0 spiro atoms. The van der Waals surface area contributed by atoms with Crippen molar-refractivity contribution in [2.45, 2.75) is 45.6 Å². The summed E-state index contributed by atoms with van der Waals surface area (Å²) >= 11 is 0. The number of rotatable bonds is 8. The van der Waals surface area contributed by atoms with Crippen LogP contribution in [0.4, 0.5) is 5.82 Å². The molecule has 1 atom stereocenters. The van der Waals surface area contributed by atoms with Crippen molar-refractivity contribution in [1.29, 1.82) is 0 Å². The van der Waals surface area contributed by atoms with E-state index in [0.717, 1.165) is 51.0 Å². The maximum absolute atomic E-state index is 6.06. The number of methoxy groups -OCH3 is 1. The van der Waals surface area contributed by atoms with E-state index in [-0.39, 0.29) is 6.01 Å². The fraction of sp³-hybridized carbons (Fsp3) is 0.611. The Hall–Kier alpha value is -2.51. The van der Waals surface area contributed by atoms with Crippen molar-refractivity contribution >= 4 is 17.0 Å². The van der Waals surface area contributed by atoms with Crippen LogP contribution < -0.4 is 15.2 Å². The van der Waals surface area contributed by atoms with Gasteiger partial charge in [-0.3, -0.25) is 4.57 Å². The summed E-state index contributed by atoms with van der Waals surface area (Å²) in [5.41, 5.74) is 7.25. The summed E-state index contributed by atoms with van der Waals surface area (Å²) < 4.78 is 18.4. The maximum atomic E-state index is 6.06. The lowest BCUT2D eigenvalue weighted by Crippen LogP contribution is -2.16. The zero-order valence-corrected chi connectivity index (χ0v) is 15.5. The minimum Gasteiger partial charge on any atom is -0.499 e. The molecular weight excluding hydrogens is 334 g/mol. The molecule has 1 fully saturated rings. The van der Waals surface area contributed by atoms with E-state index in [1.54, 1.807) is 7.11 Å². The molecule has 8 nitrogen and oxygen atoms in total. The van der Waals surface area contributed by atoms with E-state index < -0.39 is 0 Å². The van der Waals surface area contributed by atoms with Gasteiger partial charge in [0.25, 0.3) is 6.01 Å². The molecule has 2 aromatic rings. The van der Waals surface area contributed by atoms with Crippen molar-refractivity contribution in [2.24, 2.45) is 5.92 Å². The molecule has 0 saturated carbocycles. The number of hydrogen-bond donors (Lipinski definition) is 1. The summed E-state index contributed by atoms with van der Waals surface area (Å²) in [6, 6.07) is 0.768. The molecule has 0 bridgehead atoms. The number of hydrogen-bond acceptors (Lipinski definition) is 7. The van der Waals surface area contributed by atoms with Crippen molar-refractivity contribution in [3.8, 4) is 12.0 Å². The summed E-state index contributed by atoms with van der Waals surface area (Å²) in [6.45, 7) is 8.06. The van der Waals surface area contributed by atoms with Crippen molar-refractivity contribution in [2.75, 3.05) is 26.1 Å². The van der Waals surface area contributed by atoms with Gasteiger partial charge in [-0.2, -0.15) is 15.0 Å². The molecule has 1 unspecified atom stereocenters. The molecule has 3 rings (SSSR count). The third-order valence-electron chi connectivity index (χ3n) is 4.59. The highest BCUT2D eigenvalue weighted by Crippen LogP contribution is 2.29. The second-order valence-electron chi connectivity index (χ2n) is 6.55. The topological polar surface area (TPSA) is 97.3 Å². The van der Waals surface area contributed by atoms with E-state index in [4.69, 9.17) is 19.9 Å². The maximum Gasteiger partial charge on any atom is 0.320 e. The van der Waals surface area contributed by atoms with Crippen molar-refractivity contribution < 1.29 is 14.2 Å². The number of nitrogens with two attached hydrogens (primary N) is 1.